The molecule has 0 saturated heterocycles. The van der Waals surface area contributed by atoms with Gasteiger partial charge >= 0.3 is 0 Å². The van der Waals surface area contributed by atoms with Crippen molar-refractivity contribution in [1.29, 1.82) is 0 Å². The summed E-state index contributed by atoms with van der Waals surface area (Å²) in [6, 6.07) is 18.9. The Labute approximate surface area is 142 Å². The summed E-state index contributed by atoms with van der Waals surface area (Å²) in [4.78, 5) is 2.92. The van der Waals surface area contributed by atoms with E-state index in [-0.39, 0.29) is 5.71 Å². The second-order valence-electron chi connectivity index (χ2n) is 5.16. The smallest absolute Gasteiger partial charge is 0.160 e. The summed E-state index contributed by atoms with van der Waals surface area (Å²) in [6.07, 6.45) is 3.03. The van der Waals surface area contributed by atoms with Crippen molar-refractivity contribution in [2.24, 2.45) is 5.16 Å². The molecule has 8 heteroatoms. The molecule has 0 aliphatic rings. The van der Waals surface area contributed by atoms with E-state index in [0.29, 0.717) is 11.4 Å². The Morgan fingerprint density at radius 1 is 0.720 bits per heavy atom. The number of oxime groups is 1. The Hall–Kier alpha value is -3.81. The molecule has 4 rings (SSSR count). The minimum absolute atomic E-state index is 0.198. The summed E-state index contributed by atoms with van der Waals surface area (Å²) >= 11 is 0. The van der Waals surface area contributed by atoms with Crippen LogP contribution in [-0.4, -0.2) is 40.9 Å². The van der Waals surface area contributed by atoms with Crippen LogP contribution >= 0.6 is 0 Å². The fraction of sp³-hybridized carbons (Fsp3) is 0. The van der Waals surface area contributed by atoms with Gasteiger partial charge in [-0.25, -0.2) is 0 Å². The highest BCUT2D eigenvalue weighted by atomic mass is 16.4. The minimum Gasteiger partial charge on any atom is -0.410 e. The maximum Gasteiger partial charge on any atom is 0.160 e. The van der Waals surface area contributed by atoms with Crippen molar-refractivity contribution in [2.75, 3.05) is 0 Å². The number of hydrogen-bond donors (Lipinski definition) is 1. The molecule has 0 saturated carbocycles. The number of para-hydroxylation sites is 2. The SMILES string of the molecule is ON=C(c1cnn(-c2ccccc2)n1)c1cnn(-c2ccccc2)n1. The first-order valence-corrected chi connectivity index (χ1v) is 7.53. The number of rotatable bonds is 4. The van der Waals surface area contributed by atoms with E-state index in [0.717, 1.165) is 11.4 Å². The van der Waals surface area contributed by atoms with Crippen LogP contribution in [0.1, 0.15) is 11.4 Å². The highest BCUT2D eigenvalue weighted by molar-refractivity contribution is 6.09. The molecule has 0 bridgehead atoms. The molecule has 25 heavy (non-hydrogen) atoms. The molecular formula is C17H13N7O. The maximum absolute atomic E-state index is 9.43. The zero-order valence-corrected chi connectivity index (χ0v) is 13.0. The monoisotopic (exact) mass is 331 g/mol. The second-order valence-corrected chi connectivity index (χ2v) is 5.16. The van der Waals surface area contributed by atoms with Crippen LogP contribution in [0.2, 0.25) is 0 Å². The van der Waals surface area contributed by atoms with Gasteiger partial charge < -0.3 is 5.21 Å². The van der Waals surface area contributed by atoms with Gasteiger partial charge in [-0.05, 0) is 24.3 Å². The molecule has 2 heterocycles. The van der Waals surface area contributed by atoms with Crippen LogP contribution in [0.15, 0.2) is 78.2 Å². The van der Waals surface area contributed by atoms with Gasteiger partial charge in [0.2, 0.25) is 0 Å². The number of nitrogens with zero attached hydrogens (tertiary/aromatic N) is 7. The molecule has 0 radical (unpaired) electrons. The fourth-order valence-electron chi connectivity index (χ4n) is 2.35. The van der Waals surface area contributed by atoms with E-state index in [1.165, 1.54) is 22.0 Å². The van der Waals surface area contributed by atoms with E-state index >= 15 is 0 Å². The van der Waals surface area contributed by atoms with Crippen molar-refractivity contribution in [3.63, 3.8) is 0 Å². The third kappa shape index (κ3) is 2.88. The Balaban J connectivity index is 1.66. The first-order chi connectivity index (χ1) is 12.3. The number of hydrogen-bond acceptors (Lipinski definition) is 6. The van der Waals surface area contributed by atoms with Gasteiger partial charge in [0.1, 0.15) is 11.4 Å². The van der Waals surface area contributed by atoms with E-state index in [9.17, 15) is 5.21 Å². The second kappa shape index (κ2) is 6.36. The summed E-state index contributed by atoms with van der Waals surface area (Å²) in [5.41, 5.74) is 2.60. The maximum atomic E-state index is 9.43. The lowest BCUT2D eigenvalue weighted by atomic mass is 10.2. The number of benzene rings is 2. The lowest BCUT2D eigenvalue weighted by Crippen LogP contribution is -2.08. The van der Waals surface area contributed by atoms with Crippen LogP contribution in [-0.2, 0) is 0 Å². The molecule has 2 aromatic carbocycles. The van der Waals surface area contributed by atoms with Crippen LogP contribution < -0.4 is 0 Å². The standard InChI is InChI=1S/C17H13N7O/c25-22-17(15-11-18-23(20-15)13-7-3-1-4-8-13)16-12-19-24(21-16)14-9-5-2-6-10-14/h1-12,25H. The molecule has 2 aromatic heterocycles. The van der Waals surface area contributed by atoms with E-state index in [4.69, 9.17) is 0 Å². The molecule has 0 spiro atoms. The van der Waals surface area contributed by atoms with Crippen LogP contribution in [0, 0.1) is 0 Å². The molecule has 8 nitrogen and oxygen atoms in total. The lowest BCUT2D eigenvalue weighted by molar-refractivity contribution is 0.319. The Bertz CT molecular complexity index is 926. The molecule has 4 aromatic rings. The van der Waals surface area contributed by atoms with E-state index < -0.39 is 0 Å². The quantitative estimate of drug-likeness (QED) is 0.351. The van der Waals surface area contributed by atoms with E-state index in [1.54, 1.807) is 0 Å². The molecule has 0 atom stereocenters. The number of aromatic nitrogens is 6. The van der Waals surface area contributed by atoms with Crippen LogP contribution in [0.5, 0.6) is 0 Å². The molecule has 0 aliphatic carbocycles. The zero-order chi connectivity index (χ0) is 17.1. The molecule has 122 valence electrons. The predicted molar refractivity (Wildman–Crippen MR) is 90.1 cm³/mol. The highest BCUT2D eigenvalue weighted by Crippen LogP contribution is 2.10. The third-order valence-corrected chi connectivity index (χ3v) is 3.54. The summed E-state index contributed by atoms with van der Waals surface area (Å²) in [7, 11) is 0. The highest BCUT2D eigenvalue weighted by Gasteiger charge is 2.17. The van der Waals surface area contributed by atoms with E-state index in [1.807, 2.05) is 60.7 Å². The molecule has 0 fully saturated rings. The van der Waals surface area contributed by atoms with Crippen molar-refractivity contribution >= 4 is 5.71 Å². The minimum atomic E-state index is 0.198. The average Bonchev–Trinajstić information content (AvgIpc) is 3.35. The summed E-state index contributed by atoms with van der Waals surface area (Å²) in [5, 5.41) is 29.9. The van der Waals surface area contributed by atoms with Gasteiger partial charge in [-0.2, -0.15) is 19.8 Å². The average molecular weight is 331 g/mol. The van der Waals surface area contributed by atoms with Gasteiger partial charge in [0.15, 0.2) is 5.71 Å². The van der Waals surface area contributed by atoms with Gasteiger partial charge in [0.05, 0.1) is 23.8 Å². The van der Waals surface area contributed by atoms with Crippen molar-refractivity contribution in [2.45, 2.75) is 0 Å². The summed E-state index contributed by atoms with van der Waals surface area (Å²) in [5.74, 6) is 0. The van der Waals surface area contributed by atoms with Crippen molar-refractivity contribution in [1.82, 2.24) is 30.0 Å². The Morgan fingerprint density at radius 3 is 1.56 bits per heavy atom. The molecular weight excluding hydrogens is 318 g/mol. The molecule has 0 amide bonds. The Morgan fingerprint density at radius 2 is 1.16 bits per heavy atom. The topological polar surface area (TPSA) is 94.0 Å². The van der Waals surface area contributed by atoms with Gasteiger partial charge in [-0.15, -0.1) is 10.2 Å². The third-order valence-electron chi connectivity index (χ3n) is 3.54. The Kier molecular flexibility index (Phi) is 3.76. The van der Waals surface area contributed by atoms with E-state index in [2.05, 4.69) is 25.6 Å². The largest absolute Gasteiger partial charge is 0.410 e. The van der Waals surface area contributed by atoms with Gasteiger partial charge in [0, 0.05) is 0 Å². The van der Waals surface area contributed by atoms with Crippen LogP contribution in [0.4, 0.5) is 0 Å². The van der Waals surface area contributed by atoms with Crippen LogP contribution in [0.25, 0.3) is 11.4 Å². The van der Waals surface area contributed by atoms with Crippen LogP contribution in [0.3, 0.4) is 0 Å². The summed E-state index contributed by atoms with van der Waals surface area (Å²) in [6.45, 7) is 0. The normalized spacial score (nSPS) is 10.6. The summed E-state index contributed by atoms with van der Waals surface area (Å²) < 4.78 is 0. The molecule has 0 aliphatic heterocycles. The lowest BCUT2D eigenvalue weighted by Gasteiger charge is -1.99. The van der Waals surface area contributed by atoms with Gasteiger partial charge in [-0.3, -0.25) is 0 Å². The van der Waals surface area contributed by atoms with Crippen molar-refractivity contribution in [3.05, 3.63) is 84.4 Å². The van der Waals surface area contributed by atoms with Gasteiger partial charge in [0.25, 0.3) is 0 Å². The first kappa shape index (κ1) is 14.8. The van der Waals surface area contributed by atoms with Crippen molar-refractivity contribution < 1.29 is 5.21 Å². The predicted octanol–water partition coefficient (Wildman–Crippen LogP) is 2.07. The molecule has 1 N–H and O–H groups in total. The van der Waals surface area contributed by atoms with Gasteiger partial charge in [-0.1, -0.05) is 41.6 Å². The molecule has 0 unspecified atom stereocenters. The zero-order valence-electron chi connectivity index (χ0n) is 13.0. The van der Waals surface area contributed by atoms with Crippen molar-refractivity contribution in [3.8, 4) is 11.4 Å². The fourth-order valence-corrected chi connectivity index (χ4v) is 2.35. The first-order valence-electron chi connectivity index (χ1n) is 7.53.